The molecule has 2 heterocycles. The van der Waals surface area contributed by atoms with Crippen LogP contribution < -0.4 is 9.47 Å². The molecule has 3 aromatic rings. The summed E-state index contributed by atoms with van der Waals surface area (Å²) in [7, 11) is 0. The van der Waals surface area contributed by atoms with E-state index in [1.54, 1.807) is 13.0 Å². The number of ether oxygens (including phenoxy) is 2. The molecule has 7 nitrogen and oxygen atoms in total. The zero-order valence-electron chi connectivity index (χ0n) is 15.8. The highest BCUT2D eigenvalue weighted by molar-refractivity contribution is 7.10. The van der Waals surface area contributed by atoms with Crippen LogP contribution in [0.5, 0.6) is 11.5 Å². The van der Waals surface area contributed by atoms with Crippen molar-refractivity contribution in [2.75, 3.05) is 0 Å². The lowest BCUT2D eigenvalue weighted by Crippen LogP contribution is -2.10. The lowest BCUT2D eigenvalue weighted by molar-refractivity contribution is -0.384. The molecule has 150 valence electrons. The minimum atomic E-state index is -0.491. The topological polar surface area (TPSA) is 95.7 Å². The normalized spacial score (nSPS) is 13.8. The molecular weight excluding hydrogens is 406 g/mol. The molecule has 0 aliphatic carbocycles. The number of non-ortho nitro benzene ring substituents is 1. The number of Topliss-reactive ketones (excluding diaryl/α,β-unsaturated/α-hetero) is 1. The van der Waals surface area contributed by atoms with E-state index >= 15 is 0 Å². The van der Waals surface area contributed by atoms with Gasteiger partial charge in [-0.15, -0.1) is 11.3 Å². The first-order valence-electron chi connectivity index (χ1n) is 8.97. The van der Waals surface area contributed by atoms with Gasteiger partial charge in [-0.05, 0) is 53.8 Å². The van der Waals surface area contributed by atoms with E-state index in [0.717, 1.165) is 4.88 Å². The SMILES string of the molecule is Cc1cc(OC(=O)Cc2cccs2)cc2c1C(=O)/C(=C/c1ccc([N+](=O)[O-])cc1)O2. The Hall–Kier alpha value is -3.78. The van der Waals surface area contributed by atoms with Gasteiger partial charge in [0.1, 0.15) is 11.5 Å². The molecule has 0 amide bonds. The molecule has 0 saturated heterocycles. The summed E-state index contributed by atoms with van der Waals surface area (Å²) in [4.78, 5) is 36.1. The van der Waals surface area contributed by atoms with Gasteiger partial charge in [0.2, 0.25) is 5.78 Å². The average Bonchev–Trinajstić information content (AvgIpc) is 3.30. The van der Waals surface area contributed by atoms with Crippen LogP contribution in [0.2, 0.25) is 0 Å². The predicted molar refractivity (Wildman–Crippen MR) is 111 cm³/mol. The number of hydrogen-bond donors (Lipinski definition) is 0. The lowest BCUT2D eigenvalue weighted by atomic mass is 10.0. The molecular formula is C22H15NO6S. The molecule has 1 aliphatic rings. The highest BCUT2D eigenvalue weighted by Crippen LogP contribution is 2.37. The van der Waals surface area contributed by atoms with E-state index in [1.807, 2.05) is 17.5 Å². The Kier molecular flexibility index (Phi) is 5.16. The summed E-state index contributed by atoms with van der Waals surface area (Å²) >= 11 is 1.47. The molecule has 0 spiro atoms. The van der Waals surface area contributed by atoms with Gasteiger partial charge in [0.05, 0.1) is 16.9 Å². The van der Waals surface area contributed by atoms with E-state index in [9.17, 15) is 19.7 Å². The van der Waals surface area contributed by atoms with Crippen molar-refractivity contribution < 1.29 is 24.0 Å². The van der Waals surface area contributed by atoms with Gasteiger partial charge in [0.25, 0.3) is 5.69 Å². The molecule has 0 unspecified atom stereocenters. The van der Waals surface area contributed by atoms with E-state index in [4.69, 9.17) is 9.47 Å². The van der Waals surface area contributed by atoms with E-state index in [1.165, 1.54) is 47.7 Å². The Morgan fingerprint density at radius 3 is 2.67 bits per heavy atom. The number of esters is 1. The second kappa shape index (κ2) is 7.92. The summed E-state index contributed by atoms with van der Waals surface area (Å²) in [5.41, 5.74) is 1.59. The number of fused-ring (bicyclic) bond motifs is 1. The Bertz CT molecular complexity index is 1180. The minimum absolute atomic E-state index is 0.0380. The monoisotopic (exact) mass is 421 g/mol. The standard InChI is InChI=1S/C22H15NO6S/c1-13-9-16(28-20(24)12-17-3-2-8-30-17)11-18-21(13)22(25)19(29-18)10-14-4-6-15(7-5-14)23(26)27/h2-11H,12H2,1H3/b19-10-. The van der Waals surface area contributed by atoms with E-state index in [-0.39, 0.29) is 23.7 Å². The first kappa shape index (κ1) is 19.5. The Labute approximate surface area is 175 Å². The third kappa shape index (κ3) is 3.99. The van der Waals surface area contributed by atoms with Gasteiger partial charge in [-0.1, -0.05) is 6.07 Å². The summed E-state index contributed by atoms with van der Waals surface area (Å²) in [6, 6.07) is 12.7. The van der Waals surface area contributed by atoms with E-state index in [0.29, 0.717) is 28.2 Å². The molecule has 8 heteroatoms. The maximum absolute atomic E-state index is 12.7. The van der Waals surface area contributed by atoms with Gasteiger partial charge in [-0.3, -0.25) is 19.7 Å². The van der Waals surface area contributed by atoms with Crippen molar-refractivity contribution in [2.45, 2.75) is 13.3 Å². The van der Waals surface area contributed by atoms with Crippen LogP contribution in [0.25, 0.3) is 6.08 Å². The van der Waals surface area contributed by atoms with Crippen LogP contribution in [0.4, 0.5) is 5.69 Å². The molecule has 4 rings (SSSR count). The van der Waals surface area contributed by atoms with Gasteiger partial charge in [-0.2, -0.15) is 0 Å². The van der Waals surface area contributed by atoms with Crippen molar-refractivity contribution in [3.63, 3.8) is 0 Å². The number of ketones is 1. The number of nitro groups is 1. The zero-order chi connectivity index (χ0) is 21.3. The van der Waals surface area contributed by atoms with Crippen molar-refractivity contribution in [2.24, 2.45) is 0 Å². The smallest absolute Gasteiger partial charge is 0.316 e. The first-order valence-corrected chi connectivity index (χ1v) is 9.85. The van der Waals surface area contributed by atoms with Gasteiger partial charge >= 0.3 is 5.97 Å². The lowest BCUT2D eigenvalue weighted by Gasteiger charge is -2.07. The van der Waals surface area contributed by atoms with Crippen molar-refractivity contribution in [1.29, 1.82) is 0 Å². The minimum Gasteiger partial charge on any atom is -0.452 e. The van der Waals surface area contributed by atoms with Crippen LogP contribution in [0.1, 0.15) is 26.4 Å². The molecule has 1 aromatic heterocycles. The summed E-state index contributed by atoms with van der Waals surface area (Å²) < 4.78 is 11.1. The molecule has 0 saturated carbocycles. The van der Waals surface area contributed by atoms with Crippen LogP contribution in [-0.2, 0) is 11.2 Å². The fourth-order valence-electron chi connectivity index (χ4n) is 3.10. The number of hydrogen-bond acceptors (Lipinski definition) is 7. The molecule has 30 heavy (non-hydrogen) atoms. The van der Waals surface area contributed by atoms with Crippen molar-refractivity contribution >= 4 is 34.9 Å². The van der Waals surface area contributed by atoms with Crippen molar-refractivity contribution in [3.05, 3.63) is 91.4 Å². The number of carbonyl (C=O) groups excluding carboxylic acids is 2. The fraction of sp³-hybridized carbons (Fsp3) is 0.0909. The number of aryl methyl sites for hydroxylation is 1. The van der Waals surface area contributed by atoms with Gasteiger partial charge in [-0.25, -0.2) is 0 Å². The van der Waals surface area contributed by atoms with Crippen LogP contribution in [0.15, 0.2) is 59.7 Å². The Balaban J connectivity index is 1.54. The summed E-state index contributed by atoms with van der Waals surface area (Å²) in [5, 5.41) is 12.7. The Morgan fingerprint density at radius 1 is 1.23 bits per heavy atom. The molecule has 1 aliphatic heterocycles. The number of carbonyl (C=O) groups is 2. The molecule has 0 fully saturated rings. The number of rotatable bonds is 5. The first-order chi connectivity index (χ1) is 14.4. The van der Waals surface area contributed by atoms with Crippen LogP contribution in [0.3, 0.4) is 0 Å². The van der Waals surface area contributed by atoms with Crippen LogP contribution in [0, 0.1) is 17.0 Å². The predicted octanol–water partition coefficient (Wildman–Crippen LogP) is 4.73. The number of benzene rings is 2. The van der Waals surface area contributed by atoms with E-state index in [2.05, 4.69) is 0 Å². The number of nitrogens with zero attached hydrogens (tertiary/aromatic N) is 1. The zero-order valence-corrected chi connectivity index (χ0v) is 16.6. The highest BCUT2D eigenvalue weighted by atomic mass is 32.1. The number of nitro benzene ring substituents is 1. The second-order valence-electron chi connectivity index (χ2n) is 6.63. The van der Waals surface area contributed by atoms with Gasteiger partial charge in [0, 0.05) is 23.1 Å². The van der Waals surface area contributed by atoms with Gasteiger partial charge < -0.3 is 9.47 Å². The maximum Gasteiger partial charge on any atom is 0.316 e. The third-order valence-electron chi connectivity index (χ3n) is 4.48. The molecule has 0 bridgehead atoms. The van der Waals surface area contributed by atoms with Crippen LogP contribution in [-0.4, -0.2) is 16.7 Å². The molecule has 2 aromatic carbocycles. The quantitative estimate of drug-likeness (QED) is 0.194. The molecule has 0 radical (unpaired) electrons. The van der Waals surface area contributed by atoms with Crippen LogP contribution >= 0.6 is 11.3 Å². The summed E-state index contributed by atoms with van der Waals surface area (Å²) in [6.45, 7) is 1.74. The van der Waals surface area contributed by atoms with Crippen molar-refractivity contribution in [1.82, 2.24) is 0 Å². The number of allylic oxidation sites excluding steroid dienone is 1. The Morgan fingerprint density at radius 2 is 2.00 bits per heavy atom. The summed E-state index contributed by atoms with van der Waals surface area (Å²) in [5.74, 6) is 0.0216. The molecule has 0 N–H and O–H groups in total. The largest absolute Gasteiger partial charge is 0.452 e. The van der Waals surface area contributed by atoms with Crippen molar-refractivity contribution in [3.8, 4) is 11.5 Å². The molecule has 0 atom stereocenters. The van der Waals surface area contributed by atoms with Gasteiger partial charge in [0.15, 0.2) is 5.76 Å². The summed E-state index contributed by atoms with van der Waals surface area (Å²) in [6.07, 6.45) is 1.69. The third-order valence-corrected chi connectivity index (χ3v) is 5.35. The maximum atomic E-state index is 12.7. The fourth-order valence-corrected chi connectivity index (χ4v) is 3.79. The van der Waals surface area contributed by atoms with E-state index < -0.39 is 10.9 Å². The highest BCUT2D eigenvalue weighted by Gasteiger charge is 2.30. The number of thiophene rings is 1. The average molecular weight is 421 g/mol. The second-order valence-corrected chi connectivity index (χ2v) is 7.66.